The molecule has 0 unspecified atom stereocenters. The average Bonchev–Trinajstić information content (AvgIpc) is 3.57. The summed E-state index contributed by atoms with van der Waals surface area (Å²) in [4.78, 5) is 12.3. The summed E-state index contributed by atoms with van der Waals surface area (Å²) in [5.41, 5.74) is 4.69. The zero-order valence-corrected chi connectivity index (χ0v) is 28.1. The Labute approximate surface area is 297 Å². The third-order valence-electron chi connectivity index (χ3n) is 9.10. The van der Waals surface area contributed by atoms with Gasteiger partial charge in [0.2, 0.25) is 0 Å². The molecule has 260 valence electrons. The SMILES string of the molecule is O=Cc1cn([C@@H]2O[C@H](COCc3ccccc3)[C@@H](OCc3ccccc3)[C@H](OCc3ccccc3)[C@H]2OCc2ccccc2)c2cccc(F)c12. The number of nitrogens with zero attached hydrogens (tertiary/aromatic N) is 1. The van der Waals surface area contributed by atoms with Crippen LogP contribution in [-0.2, 0) is 50.1 Å². The van der Waals surface area contributed by atoms with Crippen molar-refractivity contribution in [2.24, 2.45) is 0 Å². The summed E-state index contributed by atoms with van der Waals surface area (Å²) in [5.74, 6) is -0.491. The lowest BCUT2D eigenvalue weighted by Crippen LogP contribution is -2.59. The summed E-state index contributed by atoms with van der Waals surface area (Å²) in [6.07, 6.45) is -1.23. The molecule has 0 saturated carbocycles. The van der Waals surface area contributed by atoms with Crippen molar-refractivity contribution in [1.82, 2.24) is 4.57 Å². The number of halogens is 1. The van der Waals surface area contributed by atoms with Crippen LogP contribution in [0.5, 0.6) is 0 Å². The van der Waals surface area contributed by atoms with Crippen LogP contribution in [-0.4, -0.2) is 41.9 Å². The molecule has 8 heteroatoms. The van der Waals surface area contributed by atoms with E-state index in [9.17, 15) is 4.79 Å². The Kier molecular flexibility index (Phi) is 11.4. The first-order chi connectivity index (χ1) is 25.2. The Bertz CT molecular complexity index is 1970. The first-order valence-electron chi connectivity index (χ1n) is 17.2. The number of carbonyl (C=O) groups is 1. The molecule has 0 aliphatic carbocycles. The molecule has 1 fully saturated rings. The van der Waals surface area contributed by atoms with Gasteiger partial charge in [-0.2, -0.15) is 0 Å². The first kappa shape index (κ1) is 34.5. The minimum absolute atomic E-state index is 0.176. The van der Waals surface area contributed by atoms with E-state index in [0.29, 0.717) is 25.0 Å². The van der Waals surface area contributed by atoms with E-state index < -0.39 is 36.5 Å². The summed E-state index contributed by atoms with van der Waals surface area (Å²) < 4.78 is 50.7. The molecule has 5 aromatic carbocycles. The quantitative estimate of drug-likeness (QED) is 0.101. The molecule has 0 amide bonds. The predicted octanol–water partition coefficient (Wildman–Crippen LogP) is 8.46. The summed E-state index contributed by atoms with van der Waals surface area (Å²) >= 11 is 0. The van der Waals surface area contributed by atoms with Crippen LogP contribution in [0.15, 0.2) is 146 Å². The summed E-state index contributed by atoms with van der Waals surface area (Å²) in [7, 11) is 0. The van der Waals surface area contributed by atoms with Crippen molar-refractivity contribution in [3.8, 4) is 0 Å². The van der Waals surface area contributed by atoms with E-state index in [-0.39, 0.29) is 30.8 Å². The van der Waals surface area contributed by atoms with E-state index in [1.807, 2.05) is 121 Å². The van der Waals surface area contributed by atoms with Crippen molar-refractivity contribution in [2.45, 2.75) is 57.1 Å². The molecule has 0 radical (unpaired) electrons. The standard InChI is InChI=1S/C43H40FNO6/c44-36-22-13-23-37-39(36)35(25-46)24-45(37)43-42(50-29-34-20-11-4-12-21-34)41(49-28-33-18-9-3-10-19-33)40(48-27-32-16-7-2-8-17-32)38(51-43)30-47-26-31-14-5-1-6-15-31/h1-25,38,40-43H,26-30H2/t38-,40-,41+,42-,43-/m1/s1. The third-order valence-corrected chi connectivity index (χ3v) is 9.10. The number of hydrogen-bond donors (Lipinski definition) is 0. The topological polar surface area (TPSA) is 68.2 Å². The van der Waals surface area contributed by atoms with Crippen LogP contribution in [0, 0.1) is 5.82 Å². The van der Waals surface area contributed by atoms with Crippen molar-refractivity contribution in [1.29, 1.82) is 0 Å². The maximum Gasteiger partial charge on any atom is 0.163 e. The summed E-state index contributed by atoms with van der Waals surface area (Å²) in [6, 6.07) is 44.4. The minimum Gasteiger partial charge on any atom is -0.374 e. The molecular formula is C43H40FNO6. The highest BCUT2D eigenvalue weighted by molar-refractivity contribution is 5.98. The molecule has 1 aliphatic rings. The van der Waals surface area contributed by atoms with Crippen LogP contribution in [0.3, 0.4) is 0 Å². The first-order valence-corrected chi connectivity index (χ1v) is 17.2. The average molecular weight is 686 g/mol. The molecule has 0 N–H and O–H groups in total. The Hall–Kier alpha value is -4.96. The molecular weight excluding hydrogens is 645 g/mol. The number of carbonyl (C=O) groups excluding carboxylic acids is 1. The second-order valence-electron chi connectivity index (χ2n) is 12.6. The second-order valence-corrected chi connectivity index (χ2v) is 12.6. The maximum absolute atomic E-state index is 15.3. The van der Waals surface area contributed by atoms with E-state index in [1.165, 1.54) is 6.07 Å². The van der Waals surface area contributed by atoms with Crippen molar-refractivity contribution in [2.75, 3.05) is 6.61 Å². The zero-order valence-electron chi connectivity index (χ0n) is 28.1. The fourth-order valence-corrected chi connectivity index (χ4v) is 6.59. The van der Waals surface area contributed by atoms with Gasteiger partial charge in [-0.25, -0.2) is 4.39 Å². The molecule has 5 atom stereocenters. The van der Waals surface area contributed by atoms with Crippen molar-refractivity contribution < 1.29 is 32.9 Å². The normalized spacial score (nSPS) is 20.4. The van der Waals surface area contributed by atoms with Gasteiger partial charge < -0.3 is 28.3 Å². The van der Waals surface area contributed by atoms with Crippen LogP contribution in [0.25, 0.3) is 10.9 Å². The molecule has 7 nitrogen and oxygen atoms in total. The fraction of sp³-hybridized carbons (Fsp3) is 0.233. The highest BCUT2D eigenvalue weighted by Gasteiger charge is 2.49. The van der Waals surface area contributed by atoms with Crippen LogP contribution < -0.4 is 0 Å². The van der Waals surface area contributed by atoms with Crippen LogP contribution in [0.2, 0.25) is 0 Å². The molecule has 1 saturated heterocycles. The van der Waals surface area contributed by atoms with Gasteiger partial charge >= 0.3 is 0 Å². The van der Waals surface area contributed by atoms with Crippen molar-refractivity contribution >= 4 is 17.2 Å². The van der Waals surface area contributed by atoms with Gasteiger partial charge in [0.05, 0.1) is 38.6 Å². The summed E-state index contributed by atoms with van der Waals surface area (Å²) in [6.45, 7) is 1.39. The number of rotatable bonds is 15. The second kappa shape index (κ2) is 16.8. The van der Waals surface area contributed by atoms with Gasteiger partial charge in [0.1, 0.15) is 30.2 Å². The molecule has 1 aliphatic heterocycles. The van der Waals surface area contributed by atoms with Gasteiger partial charge in [-0.15, -0.1) is 0 Å². The molecule has 0 bridgehead atoms. The molecule has 6 aromatic rings. The van der Waals surface area contributed by atoms with E-state index in [1.54, 1.807) is 22.9 Å². The Morgan fingerprint density at radius 3 is 1.61 bits per heavy atom. The lowest BCUT2D eigenvalue weighted by atomic mass is 9.96. The lowest BCUT2D eigenvalue weighted by molar-refractivity contribution is -0.289. The molecule has 1 aromatic heterocycles. The highest BCUT2D eigenvalue weighted by atomic mass is 19.1. The zero-order chi connectivity index (χ0) is 34.8. The van der Waals surface area contributed by atoms with Gasteiger partial charge in [0.25, 0.3) is 0 Å². The minimum atomic E-state index is -0.839. The van der Waals surface area contributed by atoms with Gasteiger partial charge in [0, 0.05) is 17.1 Å². The third kappa shape index (κ3) is 8.34. The predicted molar refractivity (Wildman–Crippen MR) is 192 cm³/mol. The Balaban J connectivity index is 1.30. The number of fused-ring (bicyclic) bond motifs is 1. The van der Waals surface area contributed by atoms with E-state index in [2.05, 4.69) is 0 Å². The lowest BCUT2D eigenvalue weighted by Gasteiger charge is -2.46. The number of aldehydes is 1. The maximum atomic E-state index is 15.3. The highest BCUT2D eigenvalue weighted by Crippen LogP contribution is 2.39. The van der Waals surface area contributed by atoms with Gasteiger partial charge in [-0.3, -0.25) is 4.79 Å². The fourth-order valence-electron chi connectivity index (χ4n) is 6.59. The smallest absolute Gasteiger partial charge is 0.163 e. The van der Waals surface area contributed by atoms with Crippen LogP contribution in [0.4, 0.5) is 4.39 Å². The number of ether oxygens (including phenoxy) is 5. The number of aromatic nitrogens is 1. The molecule has 2 heterocycles. The van der Waals surface area contributed by atoms with Crippen molar-refractivity contribution in [3.63, 3.8) is 0 Å². The Morgan fingerprint density at radius 2 is 1.08 bits per heavy atom. The molecule has 7 rings (SSSR count). The number of hydrogen-bond acceptors (Lipinski definition) is 6. The Morgan fingerprint density at radius 1 is 0.588 bits per heavy atom. The molecule has 0 spiro atoms. The van der Waals surface area contributed by atoms with Crippen LogP contribution >= 0.6 is 0 Å². The summed E-state index contributed by atoms with van der Waals surface area (Å²) in [5, 5.41) is 0.221. The number of benzene rings is 5. The largest absolute Gasteiger partial charge is 0.374 e. The monoisotopic (exact) mass is 685 g/mol. The van der Waals surface area contributed by atoms with E-state index >= 15 is 4.39 Å². The van der Waals surface area contributed by atoms with Gasteiger partial charge in [-0.05, 0) is 34.4 Å². The van der Waals surface area contributed by atoms with Crippen LogP contribution in [0.1, 0.15) is 38.8 Å². The van der Waals surface area contributed by atoms with Gasteiger partial charge in [-0.1, -0.05) is 127 Å². The van der Waals surface area contributed by atoms with Gasteiger partial charge in [0.15, 0.2) is 12.5 Å². The van der Waals surface area contributed by atoms with Crippen molar-refractivity contribution in [3.05, 3.63) is 179 Å². The van der Waals surface area contributed by atoms with E-state index in [0.717, 1.165) is 22.3 Å². The van der Waals surface area contributed by atoms with E-state index in [4.69, 9.17) is 23.7 Å². The molecule has 51 heavy (non-hydrogen) atoms.